The largest absolute Gasteiger partial charge is 0.490 e. The Morgan fingerprint density at radius 1 is 1.12 bits per heavy atom. The first-order chi connectivity index (χ1) is 7.86. The maximum absolute atomic E-state index is 5.97. The third kappa shape index (κ3) is 2.77. The molecule has 2 rings (SSSR count). The molecule has 0 spiro atoms. The van der Waals surface area contributed by atoms with Crippen LogP contribution < -0.4 is 10.5 Å². The molecule has 4 heteroatoms. The summed E-state index contributed by atoms with van der Waals surface area (Å²) < 4.78 is 5.51. The third-order valence-electron chi connectivity index (χ3n) is 2.20. The van der Waals surface area contributed by atoms with Gasteiger partial charge in [0.15, 0.2) is 0 Å². The van der Waals surface area contributed by atoms with Crippen LogP contribution in [0.5, 0.6) is 5.75 Å². The molecule has 1 atom stereocenters. The van der Waals surface area contributed by atoms with Crippen molar-refractivity contribution < 1.29 is 4.74 Å². The van der Waals surface area contributed by atoms with Crippen molar-refractivity contribution >= 4 is 0 Å². The Balaban J connectivity index is 1.92. The van der Waals surface area contributed by atoms with Gasteiger partial charge in [-0.05, 0) is 29.8 Å². The highest BCUT2D eigenvalue weighted by molar-refractivity contribution is 5.17. The molecule has 2 aromatic heterocycles. The van der Waals surface area contributed by atoms with Gasteiger partial charge in [0.25, 0.3) is 0 Å². The highest BCUT2D eigenvalue weighted by atomic mass is 16.5. The smallest absolute Gasteiger partial charge is 0.137 e. The molecule has 0 radical (unpaired) electrons. The first kappa shape index (κ1) is 10.6. The molecule has 2 N–H and O–H groups in total. The van der Waals surface area contributed by atoms with Crippen LogP contribution in [0.3, 0.4) is 0 Å². The molecule has 0 aliphatic carbocycles. The van der Waals surface area contributed by atoms with E-state index >= 15 is 0 Å². The Morgan fingerprint density at radius 2 is 1.94 bits per heavy atom. The molecular weight excluding hydrogens is 202 g/mol. The molecule has 0 saturated carbocycles. The van der Waals surface area contributed by atoms with Crippen LogP contribution in [0, 0.1) is 0 Å². The van der Waals surface area contributed by atoms with Gasteiger partial charge in [-0.3, -0.25) is 9.97 Å². The molecule has 16 heavy (non-hydrogen) atoms. The molecule has 0 saturated heterocycles. The minimum atomic E-state index is -0.150. The van der Waals surface area contributed by atoms with Gasteiger partial charge in [0.2, 0.25) is 0 Å². The fourth-order valence-corrected chi connectivity index (χ4v) is 1.33. The van der Waals surface area contributed by atoms with E-state index < -0.39 is 0 Å². The molecule has 0 fully saturated rings. The minimum absolute atomic E-state index is 0.150. The molecular formula is C12H13N3O. The third-order valence-corrected chi connectivity index (χ3v) is 2.20. The molecule has 4 nitrogen and oxygen atoms in total. The zero-order chi connectivity index (χ0) is 11.2. The van der Waals surface area contributed by atoms with Crippen molar-refractivity contribution in [2.75, 3.05) is 6.61 Å². The van der Waals surface area contributed by atoms with Gasteiger partial charge >= 0.3 is 0 Å². The normalized spacial score (nSPS) is 12.1. The maximum atomic E-state index is 5.97. The van der Waals surface area contributed by atoms with E-state index in [-0.39, 0.29) is 6.04 Å². The second kappa shape index (κ2) is 5.23. The number of hydrogen-bond acceptors (Lipinski definition) is 4. The van der Waals surface area contributed by atoms with Gasteiger partial charge in [0, 0.05) is 18.6 Å². The van der Waals surface area contributed by atoms with Gasteiger partial charge < -0.3 is 10.5 Å². The van der Waals surface area contributed by atoms with Crippen molar-refractivity contribution in [3.05, 3.63) is 54.6 Å². The maximum Gasteiger partial charge on any atom is 0.137 e. The number of hydrogen-bond donors (Lipinski definition) is 1. The van der Waals surface area contributed by atoms with Gasteiger partial charge in [-0.1, -0.05) is 0 Å². The van der Waals surface area contributed by atoms with E-state index in [0.29, 0.717) is 6.61 Å². The molecule has 0 bridgehead atoms. The molecule has 2 aromatic rings. The summed E-state index contributed by atoms with van der Waals surface area (Å²) in [6.45, 7) is 0.426. The lowest BCUT2D eigenvalue weighted by atomic mass is 10.1. The fourth-order valence-electron chi connectivity index (χ4n) is 1.33. The van der Waals surface area contributed by atoms with Crippen molar-refractivity contribution in [2.24, 2.45) is 5.73 Å². The summed E-state index contributed by atoms with van der Waals surface area (Å²) in [5.41, 5.74) is 6.98. The quantitative estimate of drug-likeness (QED) is 0.840. The highest BCUT2D eigenvalue weighted by Crippen LogP contribution is 2.12. The minimum Gasteiger partial charge on any atom is -0.490 e. The van der Waals surface area contributed by atoms with Crippen LogP contribution in [-0.2, 0) is 0 Å². The molecule has 0 aliphatic heterocycles. The summed E-state index contributed by atoms with van der Waals surface area (Å²) in [7, 11) is 0. The lowest BCUT2D eigenvalue weighted by Gasteiger charge is -2.12. The number of ether oxygens (including phenoxy) is 1. The van der Waals surface area contributed by atoms with Crippen molar-refractivity contribution in [2.45, 2.75) is 6.04 Å². The van der Waals surface area contributed by atoms with E-state index in [9.17, 15) is 0 Å². The lowest BCUT2D eigenvalue weighted by molar-refractivity contribution is 0.289. The average Bonchev–Trinajstić information content (AvgIpc) is 2.38. The molecule has 0 aliphatic rings. The Bertz CT molecular complexity index is 419. The van der Waals surface area contributed by atoms with E-state index in [2.05, 4.69) is 9.97 Å². The van der Waals surface area contributed by atoms with E-state index in [0.717, 1.165) is 11.3 Å². The first-order valence-corrected chi connectivity index (χ1v) is 5.04. The zero-order valence-corrected chi connectivity index (χ0v) is 8.78. The standard InChI is InChI=1S/C12H13N3O/c13-12(10-3-6-14-7-4-10)9-16-11-2-1-5-15-8-11/h1-8,12H,9,13H2. The van der Waals surface area contributed by atoms with Gasteiger partial charge in [-0.25, -0.2) is 0 Å². The lowest BCUT2D eigenvalue weighted by Crippen LogP contribution is -2.18. The monoisotopic (exact) mass is 215 g/mol. The molecule has 1 unspecified atom stereocenters. The van der Waals surface area contributed by atoms with Crippen LogP contribution in [0.4, 0.5) is 0 Å². The van der Waals surface area contributed by atoms with Gasteiger partial charge in [0.1, 0.15) is 12.4 Å². The number of pyridine rings is 2. The topological polar surface area (TPSA) is 61.0 Å². The van der Waals surface area contributed by atoms with Gasteiger partial charge in [-0.15, -0.1) is 0 Å². The molecule has 0 aromatic carbocycles. The SMILES string of the molecule is NC(COc1cccnc1)c1ccncc1. The van der Waals surface area contributed by atoms with Crippen LogP contribution in [0.15, 0.2) is 49.1 Å². The van der Waals surface area contributed by atoms with Crippen LogP contribution >= 0.6 is 0 Å². The van der Waals surface area contributed by atoms with Crippen molar-refractivity contribution in [3.8, 4) is 5.75 Å². The number of rotatable bonds is 4. The fraction of sp³-hybridized carbons (Fsp3) is 0.167. The Hall–Kier alpha value is -1.94. The van der Waals surface area contributed by atoms with Crippen LogP contribution in [0.25, 0.3) is 0 Å². The van der Waals surface area contributed by atoms with E-state index in [4.69, 9.17) is 10.5 Å². The number of nitrogens with zero attached hydrogens (tertiary/aromatic N) is 2. The highest BCUT2D eigenvalue weighted by Gasteiger charge is 2.05. The van der Waals surface area contributed by atoms with Gasteiger partial charge in [0.05, 0.1) is 12.2 Å². The molecule has 82 valence electrons. The summed E-state index contributed by atoms with van der Waals surface area (Å²) >= 11 is 0. The van der Waals surface area contributed by atoms with E-state index in [1.165, 1.54) is 0 Å². The number of nitrogens with two attached hydrogens (primary N) is 1. The predicted octanol–water partition coefficient (Wildman–Crippen LogP) is 1.56. The summed E-state index contributed by atoms with van der Waals surface area (Å²) in [6.07, 6.45) is 6.81. The molecule has 0 amide bonds. The second-order valence-corrected chi connectivity index (χ2v) is 3.39. The van der Waals surface area contributed by atoms with E-state index in [1.807, 2.05) is 24.3 Å². The summed E-state index contributed by atoms with van der Waals surface area (Å²) in [4.78, 5) is 7.90. The predicted molar refractivity (Wildman–Crippen MR) is 60.9 cm³/mol. The number of aromatic nitrogens is 2. The Morgan fingerprint density at radius 3 is 2.62 bits per heavy atom. The zero-order valence-electron chi connectivity index (χ0n) is 8.78. The Kier molecular flexibility index (Phi) is 3.46. The van der Waals surface area contributed by atoms with Crippen molar-refractivity contribution in [1.29, 1.82) is 0 Å². The summed E-state index contributed by atoms with van der Waals surface area (Å²) in [6, 6.07) is 7.30. The second-order valence-electron chi connectivity index (χ2n) is 3.39. The van der Waals surface area contributed by atoms with Crippen molar-refractivity contribution in [3.63, 3.8) is 0 Å². The van der Waals surface area contributed by atoms with Gasteiger partial charge in [-0.2, -0.15) is 0 Å². The van der Waals surface area contributed by atoms with Crippen LogP contribution in [0.1, 0.15) is 11.6 Å². The summed E-state index contributed by atoms with van der Waals surface area (Å²) in [5.74, 6) is 0.729. The van der Waals surface area contributed by atoms with E-state index in [1.54, 1.807) is 24.8 Å². The average molecular weight is 215 g/mol. The first-order valence-electron chi connectivity index (χ1n) is 5.04. The van der Waals surface area contributed by atoms with Crippen LogP contribution in [-0.4, -0.2) is 16.6 Å². The molecule has 2 heterocycles. The Labute approximate surface area is 94.1 Å². The summed E-state index contributed by atoms with van der Waals surface area (Å²) in [5, 5.41) is 0. The van der Waals surface area contributed by atoms with Crippen LogP contribution in [0.2, 0.25) is 0 Å². The van der Waals surface area contributed by atoms with Crippen molar-refractivity contribution in [1.82, 2.24) is 9.97 Å².